The molecule has 19 heavy (non-hydrogen) atoms. The second-order valence-electron chi connectivity index (χ2n) is 4.23. The normalized spacial score (nSPS) is 18.5. The summed E-state index contributed by atoms with van der Waals surface area (Å²) in [5, 5.41) is 0.604. The Bertz CT molecular complexity index is 850. The Balaban J connectivity index is 2.22. The lowest BCUT2D eigenvalue weighted by molar-refractivity contribution is 0.0899. The second kappa shape index (κ2) is 4.43. The van der Waals surface area contributed by atoms with Gasteiger partial charge < -0.3 is 0 Å². The van der Waals surface area contributed by atoms with Crippen molar-refractivity contribution < 1.29 is 4.79 Å². The zero-order valence-corrected chi connectivity index (χ0v) is 11.5. The van der Waals surface area contributed by atoms with E-state index in [0.29, 0.717) is 14.4 Å². The molecule has 0 spiro atoms. The van der Waals surface area contributed by atoms with Gasteiger partial charge in [-0.15, -0.1) is 0 Å². The van der Waals surface area contributed by atoms with Crippen LogP contribution in [0.4, 0.5) is 0 Å². The molecule has 1 atom stereocenters. The summed E-state index contributed by atoms with van der Waals surface area (Å²) in [6, 6.07) is 6.73. The van der Waals surface area contributed by atoms with Gasteiger partial charge in [-0.2, -0.15) is 0 Å². The van der Waals surface area contributed by atoms with E-state index in [4.69, 9.17) is 11.6 Å². The third kappa shape index (κ3) is 2.05. The largest absolute Gasteiger partial charge is 0.277 e. The van der Waals surface area contributed by atoms with Crippen LogP contribution in [0.5, 0.6) is 0 Å². The van der Waals surface area contributed by atoms with E-state index in [9.17, 15) is 9.59 Å². The summed E-state index contributed by atoms with van der Waals surface area (Å²) in [5.74, 6) is -0.262. The van der Waals surface area contributed by atoms with Gasteiger partial charge >= 0.3 is 0 Å². The monoisotopic (exact) mass is 292 g/mol. The van der Waals surface area contributed by atoms with Crippen molar-refractivity contribution in [2.24, 2.45) is 4.99 Å². The Morgan fingerprint density at radius 1 is 1.42 bits per heavy atom. The third-order valence-electron chi connectivity index (χ3n) is 2.83. The maximum Gasteiger partial charge on any atom is 0.277 e. The van der Waals surface area contributed by atoms with Crippen molar-refractivity contribution in [3.63, 3.8) is 0 Å². The van der Waals surface area contributed by atoms with Gasteiger partial charge in [0, 0.05) is 5.02 Å². The summed E-state index contributed by atoms with van der Waals surface area (Å²) >= 11 is 7.12. The summed E-state index contributed by atoms with van der Waals surface area (Å²) in [4.78, 5) is 28.5. The summed E-state index contributed by atoms with van der Waals surface area (Å²) in [5.41, 5.74) is 0.517. The van der Waals surface area contributed by atoms with Gasteiger partial charge in [0.05, 0.1) is 4.53 Å². The van der Waals surface area contributed by atoms with E-state index in [1.165, 1.54) is 11.3 Å². The fourth-order valence-corrected chi connectivity index (χ4v) is 3.15. The fourth-order valence-electron chi connectivity index (χ4n) is 1.91. The first-order valence-corrected chi connectivity index (χ1v) is 6.87. The first-order chi connectivity index (χ1) is 9.06. The number of carbonyl (C=O) groups excluding carboxylic acids is 1. The molecule has 2 aromatic rings. The van der Waals surface area contributed by atoms with E-state index >= 15 is 0 Å². The molecule has 0 aliphatic carbocycles. The van der Waals surface area contributed by atoms with Crippen molar-refractivity contribution in [3.8, 4) is 0 Å². The van der Waals surface area contributed by atoms with Crippen molar-refractivity contribution in [1.82, 2.24) is 4.57 Å². The lowest BCUT2D eigenvalue weighted by atomic mass is 10.2. The number of rotatable bonds is 1. The summed E-state index contributed by atoms with van der Waals surface area (Å²) < 4.78 is 1.63. The fraction of sp³-hybridized carbons (Fsp3) is 0.154. The highest BCUT2D eigenvalue weighted by atomic mass is 35.5. The average molecular weight is 293 g/mol. The van der Waals surface area contributed by atoms with E-state index in [-0.39, 0.29) is 11.5 Å². The number of benzene rings is 1. The number of carbonyl (C=O) groups is 1. The third-order valence-corrected chi connectivity index (χ3v) is 4.05. The highest BCUT2D eigenvalue weighted by Crippen LogP contribution is 2.10. The van der Waals surface area contributed by atoms with Gasteiger partial charge in [0.1, 0.15) is 6.04 Å². The standard InChI is InChI=1S/C13H9ClN2O2S/c1-7-11(17)16-12(18)10(19-13(16)15-7)6-8-3-2-4-9(14)5-8/h2-7H,1H3/b10-6+/t7-/m0/s1. The number of hydrogen-bond acceptors (Lipinski definition) is 4. The molecular weight excluding hydrogens is 284 g/mol. The van der Waals surface area contributed by atoms with Crippen LogP contribution in [0, 0.1) is 0 Å². The first-order valence-electron chi connectivity index (χ1n) is 5.67. The predicted octanol–water partition coefficient (Wildman–Crippen LogP) is 1.05. The number of halogens is 1. The number of thiazole rings is 1. The number of aromatic nitrogens is 1. The van der Waals surface area contributed by atoms with Gasteiger partial charge in [0.25, 0.3) is 11.5 Å². The van der Waals surface area contributed by atoms with Gasteiger partial charge in [0.15, 0.2) is 4.80 Å². The summed E-state index contributed by atoms with van der Waals surface area (Å²) in [6.07, 6.45) is 1.72. The maximum atomic E-state index is 12.1. The van der Waals surface area contributed by atoms with Crippen molar-refractivity contribution >= 4 is 34.9 Å². The van der Waals surface area contributed by atoms with Crippen molar-refractivity contribution in [2.75, 3.05) is 0 Å². The smallest absolute Gasteiger partial charge is 0.271 e. The molecule has 1 aromatic heterocycles. The molecule has 0 fully saturated rings. The van der Waals surface area contributed by atoms with Gasteiger partial charge in [-0.1, -0.05) is 35.1 Å². The molecule has 1 aliphatic heterocycles. The first kappa shape index (κ1) is 12.3. The van der Waals surface area contributed by atoms with Gasteiger partial charge in [0.2, 0.25) is 0 Å². The van der Waals surface area contributed by atoms with E-state index in [1.54, 1.807) is 25.1 Å². The molecule has 1 aromatic carbocycles. The molecule has 0 saturated heterocycles. The SMILES string of the molecule is C[C@@H]1N=c2s/c(=C/c3cccc(Cl)c3)c(=O)n2C1=O. The Hall–Kier alpha value is -1.72. The van der Waals surface area contributed by atoms with E-state index < -0.39 is 6.04 Å². The Kier molecular flexibility index (Phi) is 2.88. The molecule has 0 amide bonds. The van der Waals surface area contributed by atoms with Crippen LogP contribution >= 0.6 is 22.9 Å². The lowest BCUT2D eigenvalue weighted by Gasteiger charge is -1.94. The molecule has 96 valence electrons. The number of hydrogen-bond donors (Lipinski definition) is 0. The Morgan fingerprint density at radius 3 is 2.89 bits per heavy atom. The summed E-state index contributed by atoms with van der Waals surface area (Å²) in [7, 11) is 0. The van der Waals surface area contributed by atoms with Gasteiger partial charge in [-0.05, 0) is 30.7 Å². The minimum atomic E-state index is -0.459. The molecule has 0 saturated carbocycles. The maximum absolute atomic E-state index is 12.1. The van der Waals surface area contributed by atoms with Crippen LogP contribution in [-0.4, -0.2) is 16.5 Å². The van der Waals surface area contributed by atoms with Crippen molar-refractivity contribution in [1.29, 1.82) is 0 Å². The second-order valence-corrected chi connectivity index (χ2v) is 5.68. The quantitative estimate of drug-likeness (QED) is 0.789. The van der Waals surface area contributed by atoms with Crippen molar-refractivity contribution in [2.45, 2.75) is 13.0 Å². The van der Waals surface area contributed by atoms with Crippen LogP contribution in [0.2, 0.25) is 5.02 Å². The average Bonchev–Trinajstić information content (AvgIpc) is 2.79. The summed E-state index contributed by atoms with van der Waals surface area (Å²) in [6.45, 7) is 1.68. The predicted molar refractivity (Wildman–Crippen MR) is 74.5 cm³/mol. The number of nitrogens with zero attached hydrogens (tertiary/aromatic N) is 2. The highest BCUT2D eigenvalue weighted by molar-refractivity contribution is 7.07. The zero-order valence-electron chi connectivity index (χ0n) is 9.96. The molecule has 3 rings (SSSR count). The van der Waals surface area contributed by atoms with Crippen LogP contribution < -0.4 is 14.9 Å². The molecule has 0 unspecified atom stereocenters. The lowest BCUT2D eigenvalue weighted by Crippen LogP contribution is -2.35. The van der Waals surface area contributed by atoms with Crippen LogP contribution in [0.3, 0.4) is 0 Å². The Morgan fingerprint density at radius 2 is 2.21 bits per heavy atom. The van der Waals surface area contributed by atoms with Crippen molar-refractivity contribution in [3.05, 3.63) is 54.5 Å². The van der Waals surface area contributed by atoms with Crippen LogP contribution in [0.1, 0.15) is 17.3 Å². The highest BCUT2D eigenvalue weighted by Gasteiger charge is 2.25. The molecular formula is C13H9ClN2O2S. The van der Waals surface area contributed by atoms with Crippen LogP contribution in [-0.2, 0) is 0 Å². The molecule has 0 radical (unpaired) electrons. The van der Waals surface area contributed by atoms with Gasteiger partial charge in [-0.25, -0.2) is 9.56 Å². The molecule has 1 aliphatic rings. The Labute approximate surface area is 117 Å². The van der Waals surface area contributed by atoms with Gasteiger partial charge in [-0.3, -0.25) is 9.59 Å². The molecule has 6 heteroatoms. The van der Waals surface area contributed by atoms with E-state index in [1.807, 2.05) is 12.1 Å². The molecule has 2 heterocycles. The minimum absolute atomic E-state index is 0.262. The van der Waals surface area contributed by atoms with E-state index in [2.05, 4.69) is 4.99 Å². The van der Waals surface area contributed by atoms with E-state index in [0.717, 1.165) is 10.1 Å². The topological polar surface area (TPSA) is 51.4 Å². The zero-order chi connectivity index (χ0) is 13.6. The molecule has 0 bridgehead atoms. The molecule has 0 N–H and O–H groups in total. The van der Waals surface area contributed by atoms with Crippen LogP contribution in [0.25, 0.3) is 6.08 Å². The minimum Gasteiger partial charge on any atom is -0.271 e. The molecule has 4 nitrogen and oxygen atoms in total. The van der Waals surface area contributed by atoms with Crippen LogP contribution in [0.15, 0.2) is 34.1 Å². The number of fused-ring (bicyclic) bond motifs is 1.